The van der Waals surface area contributed by atoms with Crippen LogP contribution in [0.25, 0.3) is 16.6 Å². The average Bonchev–Trinajstić information content (AvgIpc) is 3.64. The van der Waals surface area contributed by atoms with Crippen LogP contribution in [-0.2, 0) is 10.0 Å². The summed E-state index contributed by atoms with van der Waals surface area (Å²) in [6, 6.07) is 16.2. The molecule has 246 valence electrons. The second-order valence-corrected chi connectivity index (χ2v) is 13.4. The molecule has 3 heterocycles. The lowest BCUT2D eigenvalue weighted by Crippen LogP contribution is -2.37. The molecular formula is C33H32F3N5O5S. The van der Waals surface area contributed by atoms with Crippen LogP contribution < -0.4 is 15.2 Å². The Kier molecular flexibility index (Phi) is 8.72. The van der Waals surface area contributed by atoms with E-state index in [1.165, 1.54) is 27.3 Å². The minimum atomic E-state index is -3.34. The monoisotopic (exact) mass is 667 g/mol. The molecule has 0 amide bonds. The molecule has 10 nitrogen and oxygen atoms in total. The fourth-order valence-electron chi connectivity index (χ4n) is 5.80. The summed E-state index contributed by atoms with van der Waals surface area (Å²) in [5.74, 6) is -0.168. The van der Waals surface area contributed by atoms with Gasteiger partial charge in [-0.3, -0.25) is 4.79 Å². The Morgan fingerprint density at radius 3 is 2.49 bits per heavy atom. The number of nitrogens with two attached hydrogens (primary N) is 1. The van der Waals surface area contributed by atoms with E-state index in [4.69, 9.17) is 15.2 Å². The zero-order chi connectivity index (χ0) is 33.5. The summed E-state index contributed by atoms with van der Waals surface area (Å²) < 4.78 is 78.3. The molecule has 3 N–H and O–H groups in total. The van der Waals surface area contributed by atoms with Crippen LogP contribution in [0.4, 0.5) is 19.0 Å². The smallest absolute Gasteiger partial charge is 0.272 e. The summed E-state index contributed by atoms with van der Waals surface area (Å²) in [4.78, 5) is 16.8. The predicted octanol–water partition coefficient (Wildman–Crippen LogP) is 6.19. The van der Waals surface area contributed by atoms with Gasteiger partial charge in [0, 0.05) is 24.0 Å². The van der Waals surface area contributed by atoms with Gasteiger partial charge in [0.25, 0.3) is 6.43 Å². The molecule has 0 atom stereocenters. The van der Waals surface area contributed by atoms with Gasteiger partial charge in [-0.25, -0.2) is 30.6 Å². The van der Waals surface area contributed by atoms with E-state index in [9.17, 15) is 26.4 Å². The Labute approximate surface area is 268 Å². The van der Waals surface area contributed by atoms with Crippen LogP contribution in [0.1, 0.15) is 45.9 Å². The lowest BCUT2D eigenvalue weighted by atomic mass is 9.89. The molecule has 14 heteroatoms. The quantitative estimate of drug-likeness (QED) is 0.170. The number of nitrogens with zero attached hydrogens (tertiary/aromatic N) is 3. The minimum absolute atomic E-state index is 0.0883. The predicted molar refractivity (Wildman–Crippen MR) is 171 cm³/mol. The van der Waals surface area contributed by atoms with Crippen molar-refractivity contribution < 1.29 is 35.9 Å². The Morgan fingerprint density at radius 2 is 1.81 bits per heavy atom. The van der Waals surface area contributed by atoms with E-state index < -0.39 is 34.7 Å². The number of nitrogen functional groups attached to an aromatic ring is 1. The van der Waals surface area contributed by atoms with E-state index in [1.54, 1.807) is 55.5 Å². The molecule has 47 heavy (non-hydrogen) atoms. The molecule has 0 bridgehead atoms. The molecule has 0 unspecified atom stereocenters. The molecular weight excluding hydrogens is 635 g/mol. The largest absolute Gasteiger partial charge is 0.487 e. The number of aromatic amines is 1. The van der Waals surface area contributed by atoms with Crippen molar-refractivity contribution in [2.75, 3.05) is 31.7 Å². The van der Waals surface area contributed by atoms with Crippen LogP contribution in [0.5, 0.6) is 17.2 Å². The number of piperidine rings is 1. The molecule has 1 aliphatic rings. The molecule has 0 spiro atoms. The summed E-state index contributed by atoms with van der Waals surface area (Å²) in [5, 5.41) is 4.90. The van der Waals surface area contributed by atoms with Gasteiger partial charge in [-0.05, 0) is 85.3 Å². The van der Waals surface area contributed by atoms with E-state index in [-0.39, 0.29) is 34.5 Å². The van der Waals surface area contributed by atoms with Gasteiger partial charge < -0.3 is 20.2 Å². The van der Waals surface area contributed by atoms with Crippen LogP contribution in [-0.4, -0.2) is 65.6 Å². The fraction of sp³-hybridized carbons (Fsp3) is 0.273. The standard InChI is InChI=1S/C33H32F3N5O5S/c1-19-13-22(7-8-28(19)46-29-6-4-3-5-25(29)34)41-33(37)24(17-38-41)32(42)27-14-21-15-30(45-18-31(35)36)23(16-26(21)39-27)20-9-11-40(12-10-20)47(2,43)44/h3-8,13-17,20,31,39H,9-12,18,37H2,1-2H3. The Hall–Kier alpha value is -4.82. The molecule has 6 rings (SSSR count). The third kappa shape index (κ3) is 6.69. The van der Waals surface area contributed by atoms with E-state index in [2.05, 4.69) is 10.1 Å². The Bertz CT molecular complexity index is 2070. The normalized spacial score (nSPS) is 14.6. The number of carbonyl (C=O) groups excluding carboxylic acids is 1. The van der Waals surface area contributed by atoms with Gasteiger partial charge in [0.1, 0.15) is 23.9 Å². The topological polar surface area (TPSA) is 133 Å². The first-order valence-electron chi connectivity index (χ1n) is 14.8. The lowest BCUT2D eigenvalue weighted by Gasteiger charge is -2.31. The molecule has 1 aliphatic heterocycles. The number of halogens is 3. The number of aryl methyl sites for hydroxylation is 1. The molecule has 3 aromatic carbocycles. The van der Waals surface area contributed by atoms with Gasteiger partial charge in [0.15, 0.2) is 11.6 Å². The van der Waals surface area contributed by atoms with Crippen LogP contribution in [0.2, 0.25) is 0 Å². The van der Waals surface area contributed by atoms with Crippen molar-refractivity contribution in [2.24, 2.45) is 0 Å². The zero-order valence-corrected chi connectivity index (χ0v) is 26.4. The number of para-hydroxylation sites is 1. The number of nitrogens with one attached hydrogen (secondary N) is 1. The summed E-state index contributed by atoms with van der Waals surface area (Å²) >= 11 is 0. The van der Waals surface area contributed by atoms with Crippen LogP contribution >= 0.6 is 0 Å². The number of hydrogen-bond donors (Lipinski definition) is 2. The summed E-state index contributed by atoms with van der Waals surface area (Å²) in [6.45, 7) is 1.59. The van der Waals surface area contributed by atoms with Crippen molar-refractivity contribution >= 4 is 32.5 Å². The highest BCUT2D eigenvalue weighted by atomic mass is 32.2. The van der Waals surface area contributed by atoms with Crippen molar-refractivity contribution in [1.82, 2.24) is 19.1 Å². The van der Waals surface area contributed by atoms with Gasteiger partial charge in [0.2, 0.25) is 15.8 Å². The molecule has 0 saturated carbocycles. The van der Waals surface area contributed by atoms with E-state index in [0.29, 0.717) is 59.4 Å². The number of ketones is 1. The highest BCUT2D eigenvalue weighted by Crippen LogP contribution is 2.38. The van der Waals surface area contributed by atoms with Crippen LogP contribution in [0.15, 0.2) is 66.9 Å². The summed E-state index contributed by atoms with van der Waals surface area (Å²) in [7, 11) is -3.34. The van der Waals surface area contributed by atoms with E-state index in [0.717, 1.165) is 6.26 Å². The van der Waals surface area contributed by atoms with Crippen LogP contribution in [0.3, 0.4) is 0 Å². The molecule has 1 fully saturated rings. The third-order valence-corrected chi connectivity index (χ3v) is 9.54. The number of hydrogen-bond acceptors (Lipinski definition) is 7. The number of H-pyrrole nitrogens is 1. The van der Waals surface area contributed by atoms with Gasteiger partial charge >= 0.3 is 0 Å². The molecule has 2 aromatic heterocycles. The minimum Gasteiger partial charge on any atom is -0.487 e. The molecule has 0 radical (unpaired) electrons. The van der Waals surface area contributed by atoms with Gasteiger partial charge in [-0.1, -0.05) is 12.1 Å². The van der Waals surface area contributed by atoms with E-state index in [1.807, 2.05) is 0 Å². The zero-order valence-electron chi connectivity index (χ0n) is 25.5. The number of benzene rings is 3. The number of rotatable bonds is 10. The first-order chi connectivity index (χ1) is 22.4. The summed E-state index contributed by atoms with van der Waals surface area (Å²) in [5.41, 5.74) is 9.25. The van der Waals surface area contributed by atoms with Crippen molar-refractivity contribution in [3.8, 4) is 22.9 Å². The first-order valence-corrected chi connectivity index (χ1v) is 16.7. The van der Waals surface area contributed by atoms with Gasteiger partial charge in [-0.15, -0.1) is 0 Å². The first kappa shape index (κ1) is 32.1. The van der Waals surface area contributed by atoms with Crippen molar-refractivity contribution in [3.05, 3.63) is 95.1 Å². The number of carbonyl (C=O) groups is 1. The number of fused-ring (bicyclic) bond motifs is 1. The van der Waals surface area contributed by atoms with E-state index >= 15 is 0 Å². The van der Waals surface area contributed by atoms with Crippen LogP contribution in [0, 0.1) is 12.7 Å². The Morgan fingerprint density at radius 1 is 1.06 bits per heavy atom. The second-order valence-electron chi connectivity index (χ2n) is 11.5. The van der Waals surface area contributed by atoms with Crippen molar-refractivity contribution in [3.63, 3.8) is 0 Å². The third-order valence-electron chi connectivity index (χ3n) is 8.23. The number of sulfonamides is 1. The highest BCUT2D eigenvalue weighted by molar-refractivity contribution is 7.88. The number of anilines is 1. The van der Waals surface area contributed by atoms with Gasteiger partial charge in [0.05, 0.1) is 29.4 Å². The SMILES string of the molecule is Cc1cc(-n2ncc(C(=O)c3cc4cc(OCC(F)F)c(C5CCN(S(C)(=O)=O)CC5)cc4[nH]3)c2N)ccc1Oc1ccccc1F. The second kappa shape index (κ2) is 12.8. The van der Waals surface area contributed by atoms with Gasteiger partial charge in [-0.2, -0.15) is 5.10 Å². The maximum absolute atomic E-state index is 14.1. The number of alkyl halides is 2. The molecule has 0 aliphatic carbocycles. The molecule has 1 saturated heterocycles. The fourth-order valence-corrected chi connectivity index (χ4v) is 6.68. The highest BCUT2D eigenvalue weighted by Gasteiger charge is 2.29. The number of ether oxygens (including phenoxy) is 2. The maximum atomic E-state index is 14.1. The molecule has 5 aromatic rings. The van der Waals surface area contributed by atoms with Crippen molar-refractivity contribution in [2.45, 2.75) is 32.1 Å². The average molecular weight is 668 g/mol. The number of aromatic nitrogens is 3. The Balaban J connectivity index is 1.26. The lowest BCUT2D eigenvalue weighted by molar-refractivity contribution is 0.0811. The summed E-state index contributed by atoms with van der Waals surface area (Å²) in [6.07, 6.45) is 0.809. The maximum Gasteiger partial charge on any atom is 0.272 e. The van der Waals surface area contributed by atoms with Crippen molar-refractivity contribution in [1.29, 1.82) is 0 Å².